The third kappa shape index (κ3) is 3.52. The number of hydrogen-bond acceptors (Lipinski definition) is 3. The first-order valence-electron chi connectivity index (χ1n) is 5.92. The largest absolute Gasteiger partial charge is 0.475 e. The maximum absolute atomic E-state index is 12.7. The van der Waals surface area contributed by atoms with E-state index in [0.29, 0.717) is 16.5 Å². The summed E-state index contributed by atoms with van der Waals surface area (Å²) in [5.74, 6) is -5.54. The summed E-state index contributed by atoms with van der Waals surface area (Å²) in [5, 5.41) is 11.5. The van der Waals surface area contributed by atoms with Crippen LogP contribution in [0.3, 0.4) is 0 Å². The molecule has 0 atom stereocenters. The molecule has 1 aromatic heterocycles. The highest BCUT2D eigenvalue weighted by Gasteiger charge is 2.39. The molecule has 0 saturated carbocycles. The van der Waals surface area contributed by atoms with Crippen LogP contribution in [0.25, 0.3) is 11.0 Å². The Balaban J connectivity index is 2.04. The Morgan fingerprint density at radius 2 is 2.05 bits per heavy atom. The second kappa shape index (κ2) is 5.72. The van der Waals surface area contributed by atoms with E-state index < -0.39 is 24.9 Å². The predicted octanol–water partition coefficient (Wildman–Crippen LogP) is 3.12. The molecule has 0 aliphatic rings. The Kier molecular flexibility index (Phi) is 4.17. The Bertz CT molecular complexity index is 654. The number of carbonyl (C=O) groups is 1. The van der Waals surface area contributed by atoms with Gasteiger partial charge in [0.05, 0.1) is 6.54 Å². The van der Waals surface area contributed by atoms with Crippen molar-refractivity contribution >= 4 is 16.9 Å². The molecule has 0 bridgehead atoms. The van der Waals surface area contributed by atoms with E-state index in [1.54, 1.807) is 6.07 Å². The molecule has 8 heteroatoms. The van der Waals surface area contributed by atoms with Gasteiger partial charge >= 0.3 is 18.3 Å². The van der Waals surface area contributed by atoms with Crippen molar-refractivity contribution in [1.82, 2.24) is 5.32 Å². The monoisotopic (exact) mass is 305 g/mol. The number of rotatable bonds is 6. The maximum Gasteiger partial charge on any atom is 0.371 e. The van der Waals surface area contributed by atoms with Crippen molar-refractivity contribution in [1.29, 1.82) is 0 Å². The summed E-state index contributed by atoms with van der Waals surface area (Å²) in [7, 11) is 0. The fourth-order valence-electron chi connectivity index (χ4n) is 1.76. The van der Waals surface area contributed by atoms with Gasteiger partial charge in [-0.3, -0.25) is 0 Å². The lowest BCUT2D eigenvalue weighted by Gasteiger charge is -2.15. The summed E-state index contributed by atoms with van der Waals surface area (Å²) in [6, 6.07) is 5.86. The second-order valence-electron chi connectivity index (χ2n) is 4.45. The number of fused-ring (bicyclic) bond motifs is 1. The van der Waals surface area contributed by atoms with Crippen LogP contribution in [-0.2, 0) is 6.54 Å². The Hall–Kier alpha value is -2.09. The first-order valence-corrected chi connectivity index (χ1v) is 5.92. The number of nitrogens with one attached hydrogen (secondary N) is 1. The zero-order valence-corrected chi connectivity index (χ0v) is 10.6. The van der Waals surface area contributed by atoms with Crippen LogP contribution in [0.4, 0.5) is 17.6 Å². The van der Waals surface area contributed by atoms with Gasteiger partial charge in [-0.2, -0.15) is 8.78 Å². The molecule has 0 saturated heterocycles. The van der Waals surface area contributed by atoms with E-state index in [0.717, 1.165) is 0 Å². The van der Waals surface area contributed by atoms with Gasteiger partial charge in [-0.15, -0.1) is 0 Å². The van der Waals surface area contributed by atoms with Crippen LogP contribution in [-0.4, -0.2) is 30.0 Å². The van der Waals surface area contributed by atoms with E-state index in [-0.39, 0.29) is 12.3 Å². The molecule has 0 fully saturated rings. The molecule has 0 radical (unpaired) electrons. The van der Waals surface area contributed by atoms with E-state index in [9.17, 15) is 22.4 Å². The molecule has 114 valence electrons. The van der Waals surface area contributed by atoms with Gasteiger partial charge in [0.25, 0.3) is 0 Å². The maximum atomic E-state index is 12.7. The van der Waals surface area contributed by atoms with Crippen LogP contribution in [0.1, 0.15) is 16.1 Å². The molecular weight excluding hydrogens is 294 g/mol. The van der Waals surface area contributed by atoms with Crippen molar-refractivity contribution in [2.24, 2.45) is 0 Å². The zero-order chi connectivity index (χ0) is 15.6. The molecule has 0 unspecified atom stereocenters. The third-order valence-electron chi connectivity index (χ3n) is 2.80. The average Bonchev–Trinajstić information content (AvgIpc) is 2.81. The third-order valence-corrected chi connectivity index (χ3v) is 2.80. The predicted molar refractivity (Wildman–Crippen MR) is 65.8 cm³/mol. The van der Waals surface area contributed by atoms with Crippen molar-refractivity contribution in [3.8, 4) is 0 Å². The standard InChI is InChI=1S/C13H11F4NO3/c14-12(15)13(16,17)6-18-5-7-1-2-9-8(3-7)4-10(21-9)11(19)20/h1-4,12,18H,5-6H2,(H,19,20). The van der Waals surface area contributed by atoms with E-state index in [1.165, 1.54) is 18.2 Å². The highest BCUT2D eigenvalue weighted by atomic mass is 19.3. The molecule has 4 nitrogen and oxygen atoms in total. The molecule has 1 heterocycles. The Labute approximate surface area is 116 Å². The number of halogens is 4. The lowest BCUT2D eigenvalue weighted by Crippen LogP contribution is -2.38. The van der Waals surface area contributed by atoms with Crippen molar-refractivity contribution in [2.45, 2.75) is 18.9 Å². The van der Waals surface area contributed by atoms with Crippen LogP contribution >= 0.6 is 0 Å². The lowest BCUT2D eigenvalue weighted by molar-refractivity contribution is -0.125. The minimum absolute atomic E-state index is 0.0498. The van der Waals surface area contributed by atoms with E-state index in [1.807, 2.05) is 0 Å². The van der Waals surface area contributed by atoms with Crippen molar-refractivity contribution in [3.63, 3.8) is 0 Å². The van der Waals surface area contributed by atoms with Crippen LogP contribution in [0.15, 0.2) is 28.7 Å². The molecule has 2 N–H and O–H groups in total. The van der Waals surface area contributed by atoms with Gasteiger partial charge in [0.15, 0.2) is 0 Å². The first-order chi connectivity index (χ1) is 9.79. The molecule has 0 amide bonds. The minimum Gasteiger partial charge on any atom is -0.475 e. The van der Waals surface area contributed by atoms with Gasteiger partial charge in [0.2, 0.25) is 5.76 Å². The molecule has 21 heavy (non-hydrogen) atoms. The van der Waals surface area contributed by atoms with Crippen LogP contribution in [0.5, 0.6) is 0 Å². The summed E-state index contributed by atoms with van der Waals surface area (Å²) in [5.41, 5.74) is 0.888. The fourth-order valence-corrected chi connectivity index (χ4v) is 1.76. The summed E-state index contributed by atoms with van der Waals surface area (Å²) in [6.07, 6.45) is -3.72. The number of hydrogen-bond donors (Lipinski definition) is 2. The topological polar surface area (TPSA) is 62.5 Å². The number of aromatic carboxylic acids is 1. The number of benzene rings is 1. The first kappa shape index (κ1) is 15.3. The van der Waals surface area contributed by atoms with Gasteiger partial charge in [-0.05, 0) is 23.8 Å². The lowest BCUT2D eigenvalue weighted by atomic mass is 10.1. The zero-order valence-electron chi connectivity index (χ0n) is 10.6. The molecule has 0 aliphatic carbocycles. The van der Waals surface area contributed by atoms with Gasteiger partial charge in [0, 0.05) is 11.9 Å². The van der Waals surface area contributed by atoms with E-state index >= 15 is 0 Å². The number of furan rings is 1. The van der Waals surface area contributed by atoms with Gasteiger partial charge < -0.3 is 14.8 Å². The summed E-state index contributed by atoms with van der Waals surface area (Å²) >= 11 is 0. The highest BCUT2D eigenvalue weighted by molar-refractivity contribution is 5.91. The SMILES string of the molecule is O=C(O)c1cc2cc(CNCC(F)(F)C(F)F)ccc2o1. The van der Waals surface area contributed by atoms with E-state index in [4.69, 9.17) is 9.52 Å². The Morgan fingerprint density at radius 3 is 2.67 bits per heavy atom. The van der Waals surface area contributed by atoms with Crippen LogP contribution in [0.2, 0.25) is 0 Å². The Morgan fingerprint density at radius 1 is 1.33 bits per heavy atom. The highest BCUT2D eigenvalue weighted by Crippen LogP contribution is 2.23. The van der Waals surface area contributed by atoms with Gasteiger partial charge in [-0.1, -0.05) is 6.07 Å². The summed E-state index contributed by atoms with van der Waals surface area (Å²) in [6.45, 7) is -1.19. The van der Waals surface area contributed by atoms with Gasteiger partial charge in [0.1, 0.15) is 5.58 Å². The van der Waals surface area contributed by atoms with Crippen LogP contribution in [0, 0.1) is 0 Å². The number of carboxylic acid groups (broad SMARTS) is 1. The van der Waals surface area contributed by atoms with Crippen molar-refractivity contribution < 1.29 is 31.9 Å². The minimum atomic E-state index is -4.09. The quantitative estimate of drug-likeness (QED) is 0.805. The van der Waals surface area contributed by atoms with Crippen LogP contribution < -0.4 is 5.32 Å². The smallest absolute Gasteiger partial charge is 0.371 e. The summed E-state index contributed by atoms with van der Waals surface area (Å²) < 4.78 is 54.4. The molecule has 0 spiro atoms. The molecule has 0 aliphatic heterocycles. The van der Waals surface area contributed by atoms with Crippen molar-refractivity contribution in [2.75, 3.05) is 6.54 Å². The number of alkyl halides is 4. The average molecular weight is 305 g/mol. The molecule has 1 aromatic carbocycles. The van der Waals surface area contributed by atoms with Crippen molar-refractivity contribution in [3.05, 3.63) is 35.6 Å². The molecule has 2 aromatic rings. The molecule has 2 rings (SSSR count). The number of carboxylic acids is 1. The summed E-state index contributed by atoms with van der Waals surface area (Å²) in [4.78, 5) is 10.7. The second-order valence-corrected chi connectivity index (χ2v) is 4.45. The normalized spacial score (nSPS) is 12.2. The van der Waals surface area contributed by atoms with E-state index in [2.05, 4.69) is 5.32 Å². The fraction of sp³-hybridized carbons (Fsp3) is 0.308. The van der Waals surface area contributed by atoms with Gasteiger partial charge in [-0.25, -0.2) is 13.6 Å². The molecular formula is C13H11F4NO3.